The van der Waals surface area contributed by atoms with Crippen molar-refractivity contribution >= 4 is 40.6 Å². The summed E-state index contributed by atoms with van der Waals surface area (Å²) in [5.41, 5.74) is 8.54. The first-order chi connectivity index (χ1) is 18.5. The van der Waals surface area contributed by atoms with Crippen molar-refractivity contribution in [2.75, 3.05) is 0 Å². The van der Waals surface area contributed by atoms with Gasteiger partial charge in [-0.1, -0.05) is 48.5 Å². The van der Waals surface area contributed by atoms with Crippen LogP contribution in [0.5, 0.6) is 0 Å². The van der Waals surface area contributed by atoms with E-state index in [4.69, 9.17) is 10.8 Å². The molecular formula is C27H31N5O7. The van der Waals surface area contributed by atoms with Gasteiger partial charge in [-0.15, -0.1) is 0 Å². The molecule has 39 heavy (non-hydrogen) atoms. The van der Waals surface area contributed by atoms with E-state index in [1.807, 2.05) is 54.6 Å². The number of rotatable bonds is 13. The molecule has 0 saturated heterocycles. The first kappa shape index (κ1) is 28.9. The first-order valence-corrected chi connectivity index (χ1v) is 12.3. The molecule has 206 valence electrons. The predicted octanol–water partition coefficient (Wildman–Crippen LogP) is 0.314. The van der Waals surface area contributed by atoms with Gasteiger partial charge in [-0.2, -0.15) is 0 Å². The summed E-state index contributed by atoms with van der Waals surface area (Å²) in [6.45, 7) is 1.32. The molecule has 3 aromatic rings. The molecule has 1 heterocycles. The van der Waals surface area contributed by atoms with Crippen molar-refractivity contribution in [2.45, 2.75) is 50.4 Å². The van der Waals surface area contributed by atoms with Gasteiger partial charge >= 0.3 is 11.9 Å². The maximum Gasteiger partial charge on any atom is 0.326 e. The van der Waals surface area contributed by atoms with Crippen molar-refractivity contribution in [3.05, 3.63) is 71.9 Å². The number of aromatic nitrogens is 1. The molecule has 4 atom stereocenters. The van der Waals surface area contributed by atoms with Gasteiger partial charge in [0.2, 0.25) is 17.7 Å². The molecule has 0 saturated carbocycles. The van der Waals surface area contributed by atoms with Crippen LogP contribution < -0.4 is 21.7 Å². The Hall–Kier alpha value is -4.71. The number of nitrogens with one attached hydrogen (secondary N) is 4. The number of carbonyl (C=O) groups is 5. The minimum atomic E-state index is -1.67. The monoisotopic (exact) mass is 537 g/mol. The highest BCUT2D eigenvalue weighted by Crippen LogP contribution is 2.19. The molecule has 1 aromatic heterocycles. The van der Waals surface area contributed by atoms with Crippen LogP contribution in [0, 0.1) is 0 Å². The molecule has 8 N–H and O–H groups in total. The van der Waals surface area contributed by atoms with Crippen LogP contribution >= 0.6 is 0 Å². The van der Waals surface area contributed by atoms with E-state index in [1.165, 1.54) is 6.92 Å². The second kappa shape index (κ2) is 13.2. The molecule has 0 bridgehead atoms. The molecule has 0 aliphatic carbocycles. The van der Waals surface area contributed by atoms with E-state index < -0.39 is 60.2 Å². The Morgan fingerprint density at radius 3 is 2.13 bits per heavy atom. The lowest BCUT2D eigenvalue weighted by Gasteiger charge is -2.23. The lowest BCUT2D eigenvalue weighted by Crippen LogP contribution is -2.57. The van der Waals surface area contributed by atoms with Crippen LogP contribution in [0.4, 0.5) is 0 Å². The third-order valence-corrected chi connectivity index (χ3v) is 6.11. The molecule has 12 nitrogen and oxygen atoms in total. The average Bonchev–Trinajstić information content (AvgIpc) is 3.30. The summed E-state index contributed by atoms with van der Waals surface area (Å²) in [5, 5.41) is 26.2. The number of H-pyrrole nitrogens is 1. The van der Waals surface area contributed by atoms with Crippen LogP contribution in [0.15, 0.2) is 60.8 Å². The summed E-state index contributed by atoms with van der Waals surface area (Å²) >= 11 is 0. The van der Waals surface area contributed by atoms with Gasteiger partial charge in [0.25, 0.3) is 0 Å². The lowest BCUT2D eigenvalue weighted by atomic mass is 10.0. The Balaban J connectivity index is 1.75. The molecule has 3 rings (SSSR count). The number of hydrogen-bond acceptors (Lipinski definition) is 6. The van der Waals surface area contributed by atoms with Gasteiger partial charge in [0.05, 0.1) is 12.5 Å². The summed E-state index contributed by atoms with van der Waals surface area (Å²) < 4.78 is 0. The standard InChI is InChI=1S/C27H31N5O7/c1-15(24(35)32-22(27(38)39)13-23(33)34)30-26(37)21(12-17-14-29-20-10-6-5-9-18(17)20)31-25(36)19(28)11-16-7-3-2-4-8-16/h2-10,14-15,19,21-22,29H,11-13,28H2,1H3,(H,30,37)(H,31,36)(H,32,35)(H,33,34)(H,38,39). The minimum Gasteiger partial charge on any atom is -0.481 e. The fourth-order valence-electron chi connectivity index (χ4n) is 4.02. The number of carboxylic acid groups (broad SMARTS) is 2. The molecule has 4 unspecified atom stereocenters. The molecular weight excluding hydrogens is 506 g/mol. The molecule has 0 spiro atoms. The van der Waals surface area contributed by atoms with Gasteiger partial charge < -0.3 is 36.9 Å². The van der Waals surface area contributed by atoms with Crippen molar-refractivity contribution in [3.63, 3.8) is 0 Å². The van der Waals surface area contributed by atoms with E-state index >= 15 is 0 Å². The van der Waals surface area contributed by atoms with Crippen LogP contribution in [-0.4, -0.2) is 69.0 Å². The third-order valence-electron chi connectivity index (χ3n) is 6.11. The number of aliphatic carboxylic acids is 2. The Morgan fingerprint density at radius 2 is 1.46 bits per heavy atom. The normalized spacial score (nSPS) is 14.0. The molecule has 12 heteroatoms. The Morgan fingerprint density at radius 1 is 0.821 bits per heavy atom. The second-order valence-electron chi connectivity index (χ2n) is 9.15. The van der Waals surface area contributed by atoms with Gasteiger partial charge in [0, 0.05) is 23.5 Å². The van der Waals surface area contributed by atoms with E-state index in [-0.39, 0.29) is 12.8 Å². The lowest BCUT2D eigenvalue weighted by molar-refractivity contribution is -0.147. The van der Waals surface area contributed by atoms with Crippen molar-refractivity contribution in [1.82, 2.24) is 20.9 Å². The number of hydrogen-bond donors (Lipinski definition) is 7. The number of carboxylic acids is 2. The summed E-state index contributed by atoms with van der Waals surface area (Å²) in [6, 6.07) is 11.6. The Kier molecular flexibility index (Phi) is 9.76. The number of fused-ring (bicyclic) bond motifs is 1. The Labute approximate surface area is 224 Å². The zero-order valence-corrected chi connectivity index (χ0v) is 21.2. The quantitative estimate of drug-likeness (QED) is 0.161. The smallest absolute Gasteiger partial charge is 0.326 e. The predicted molar refractivity (Wildman–Crippen MR) is 141 cm³/mol. The van der Waals surface area contributed by atoms with Gasteiger partial charge in [-0.25, -0.2) is 4.79 Å². The minimum absolute atomic E-state index is 0.0742. The summed E-state index contributed by atoms with van der Waals surface area (Å²) in [6.07, 6.45) is 1.21. The summed E-state index contributed by atoms with van der Waals surface area (Å²) in [4.78, 5) is 64.1. The van der Waals surface area contributed by atoms with Crippen molar-refractivity contribution in [3.8, 4) is 0 Å². The largest absolute Gasteiger partial charge is 0.481 e. The van der Waals surface area contributed by atoms with Crippen LogP contribution in [0.2, 0.25) is 0 Å². The van der Waals surface area contributed by atoms with E-state index in [0.29, 0.717) is 0 Å². The fourth-order valence-corrected chi connectivity index (χ4v) is 4.02. The number of carbonyl (C=O) groups excluding carboxylic acids is 3. The highest BCUT2D eigenvalue weighted by molar-refractivity contribution is 5.95. The van der Waals surface area contributed by atoms with Gasteiger partial charge in [-0.3, -0.25) is 19.2 Å². The highest BCUT2D eigenvalue weighted by atomic mass is 16.4. The zero-order chi connectivity index (χ0) is 28.5. The van der Waals surface area contributed by atoms with Crippen molar-refractivity contribution < 1.29 is 34.2 Å². The number of aromatic amines is 1. The van der Waals surface area contributed by atoms with Crippen molar-refractivity contribution in [1.29, 1.82) is 0 Å². The van der Waals surface area contributed by atoms with Gasteiger partial charge in [-0.05, 0) is 30.5 Å². The first-order valence-electron chi connectivity index (χ1n) is 12.3. The molecule has 2 aromatic carbocycles. The van der Waals surface area contributed by atoms with E-state index in [2.05, 4.69) is 20.9 Å². The molecule has 0 aliphatic rings. The fraction of sp³-hybridized carbons (Fsp3) is 0.296. The van der Waals surface area contributed by atoms with Crippen LogP contribution in [0.25, 0.3) is 10.9 Å². The average molecular weight is 538 g/mol. The van der Waals surface area contributed by atoms with E-state index in [1.54, 1.807) is 6.20 Å². The molecule has 3 amide bonds. The van der Waals surface area contributed by atoms with Crippen molar-refractivity contribution in [2.24, 2.45) is 5.73 Å². The topological polar surface area (TPSA) is 204 Å². The second-order valence-corrected chi connectivity index (χ2v) is 9.15. The van der Waals surface area contributed by atoms with Crippen LogP contribution in [-0.2, 0) is 36.8 Å². The summed E-state index contributed by atoms with van der Waals surface area (Å²) in [5.74, 6) is -5.10. The zero-order valence-electron chi connectivity index (χ0n) is 21.2. The van der Waals surface area contributed by atoms with Crippen LogP contribution in [0.3, 0.4) is 0 Å². The molecule has 0 fully saturated rings. The molecule has 0 aliphatic heterocycles. The maximum atomic E-state index is 13.3. The third kappa shape index (κ3) is 8.14. The van der Waals surface area contributed by atoms with E-state index in [9.17, 15) is 29.1 Å². The molecule has 0 radical (unpaired) electrons. The SMILES string of the molecule is CC(NC(=O)C(Cc1c[nH]c2ccccc12)NC(=O)C(N)Cc1ccccc1)C(=O)NC(CC(=O)O)C(=O)O. The number of amides is 3. The number of benzene rings is 2. The number of nitrogens with two attached hydrogens (primary N) is 1. The van der Waals surface area contributed by atoms with E-state index in [0.717, 1.165) is 22.0 Å². The Bertz CT molecular complexity index is 1340. The number of para-hydroxylation sites is 1. The van der Waals surface area contributed by atoms with Gasteiger partial charge in [0.15, 0.2) is 0 Å². The summed E-state index contributed by atoms with van der Waals surface area (Å²) in [7, 11) is 0. The maximum absolute atomic E-state index is 13.3. The van der Waals surface area contributed by atoms with Gasteiger partial charge in [0.1, 0.15) is 18.1 Å². The highest BCUT2D eigenvalue weighted by Gasteiger charge is 2.30. The van der Waals surface area contributed by atoms with Crippen LogP contribution in [0.1, 0.15) is 24.5 Å².